The van der Waals surface area contributed by atoms with E-state index in [4.69, 9.17) is 37.9 Å². The number of hydrogen-bond acceptors (Lipinski definition) is 10. The van der Waals surface area contributed by atoms with Crippen LogP contribution < -0.4 is 0 Å². The number of rotatable bonds is 17. The van der Waals surface area contributed by atoms with Crippen molar-refractivity contribution in [1.29, 1.82) is 0 Å². The van der Waals surface area contributed by atoms with Gasteiger partial charge in [-0.3, -0.25) is 0 Å². The molecule has 0 radical (unpaired) electrons. The van der Waals surface area contributed by atoms with Crippen molar-refractivity contribution < 1.29 is 47.8 Å². The molecule has 0 saturated carbocycles. The predicted octanol–water partition coefficient (Wildman–Crippen LogP) is 0.365. The van der Waals surface area contributed by atoms with E-state index < -0.39 is 32.1 Å². The highest BCUT2D eigenvalue weighted by atomic mass is 28.3. The molecule has 10 nitrogen and oxygen atoms in total. The lowest BCUT2D eigenvalue weighted by Gasteiger charge is -2.43. The Kier molecular flexibility index (Phi) is 14.5. The summed E-state index contributed by atoms with van der Waals surface area (Å²) < 4.78 is 43.5. The highest BCUT2D eigenvalue weighted by Gasteiger charge is 2.56. The molecule has 0 bridgehead atoms. The summed E-state index contributed by atoms with van der Waals surface area (Å²) in [6.07, 6.45) is 2.51. The maximum absolute atomic E-state index is 11.2. The number of esters is 1. The van der Waals surface area contributed by atoms with Crippen LogP contribution in [0.1, 0.15) is 13.3 Å². The van der Waals surface area contributed by atoms with Crippen molar-refractivity contribution in [2.45, 2.75) is 36.7 Å². The van der Waals surface area contributed by atoms with Crippen LogP contribution in [0.4, 0.5) is 0 Å². The van der Waals surface area contributed by atoms with Crippen molar-refractivity contribution in [3.8, 4) is 0 Å². The minimum atomic E-state index is -2.39. The third-order valence-corrected chi connectivity index (χ3v) is 8.48. The number of hydrogen-bond donors (Lipinski definition) is 1. The van der Waals surface area contributed by atoms with Crippen LogP contribution in [0.2, 0.25) is 6.04 Å². The summed E-state index contributed by atoms with van der Waals surface area (Å²) >= 11 is 0. The van der Waals surface area contributed by atoms with E-state index in [0.717, 1.165) is 0 Å². The lowest BCUT2D eigenvalue weighted by Crippen LogP contribution is -2.65. The lowest BCUT2D eigenvalue weighted by molar-refractivity contribution is -0.339. The molecule has 0 aromatic rings. The fourth-order valence-electron chi connectivity index (χ4n) is 2.94. The van der Waals surface area contributed by atoms with E-state index in [1.807, 2.05) is 0 Å². The molecule has 0 amide bonds. The number of carbonyl (C=O) groups is 1. The Bertz CT molecular complexity index is 429. The van der Waals surface area contributed by atoms with Crippen LogP contribution in [0.25, 0.3) is 0 Å². The summed E-state index contributed by atoms with van der Waals surface area (Å²) in [7, 11) is 6.45. The van der Waals surface area contributed by atoms with E-state index in [2.05, 4.69) is 0 Å². The summed E-state index contributed by atoms with van der Waals surface area (Å²) in [6, 6.07) is 0.553. The number of aliphatic hydroxyl groups excluding tert-OH is 1. The summed E-state index contributed by atoms with van der Waals surface area (Å²) in [5.74, 6) is -0.509. The molecule has 0 saturated heterocycles. The maximum atomic E-state index is 11.2. The summed E-state index contributed by atoms with van der Waals surface area (Å²) in [4.78, 5) is 11.2. The van der Waals surface area contributed by atoms with Crippen LogP contribution in [0, 0.1) is 0 Å². The second kappa shape index (κ2) is 15.0. The van der Waals surface area contributed by atoms with Crippen molar-refractivity contribution in [1.82, 2.24) is 0 Å². The lowest BCUT2D eigenvalue weighted by atomic mass is 10.4. The van der Waals surface area contributed by atoms with Gasteiger partial charge in [0.25, 0.3) is 20.0 Å². The van der Waals surface area contributed by atoms with Gasteiger partial charge in [-0.05, 0) is 19.4 Å². The van der Waals surface area contributed by atoms with Crippen molar-refractivity contribution in [2.75, 3.05) is 62.5 Å². The third-order valence-electron chi connectivity index (χ3n) is 4.37. The molecule has 172 valence electrons. The maximum Gasteiger partial charge on any atom is 0.330 e. The molecule has 0 aliphatic carbocycles. The SMILES string of the molecule is CC=CC(=O)OCC(O)COCCC[SiH](C(OC)(OC)OC)C(OC)(OC)OC. The second-order valence-corrected chi connectivity index (χ2v) is 9.08. The number of methoxy groups -OCH3 is 6. The summed E-state index contributed by atoms with van der Waals surface area (Å²) in [5.41, 5.74) is -2.69. The Hall–Kier alpha value is -0.893. The van der Waals surface area contributed by atoms with Gasteiger partial charge >= 0.3 is 5.97 Å². The van der Waals surface area contributed by atoms with Gasteiger partial charge in [-0.15, -0.1) is 0 Å². The van der Waals surface area contributed by atoms with E-state index in [-0.39, 0.29) is 13.2 Å². The molecule has 11 heteroatoms. The zero-order valence-electron chi connectivity index (χ0n) is 18.5. The Morgan fingerprint density at radius 1 is 0.931 bits per heavy atom. The topological polar surface area (TPSA) is 111 Å². The molecule has 29 heavy (non-hydrogen) atoms. The van der Waals surface area contributed by atoms with Gasteiger partial charge in [-0.25, -0.2) is 4.79 Å². The molecule has 1 atom stereocenters. The summed E-state index contributed by atoms with van der Waals surface area (Å²) in [6.45, 7) is 1.93. The Morgan fingerprint density at radius 3 is 1.83 bits per heavy atom. The quantitative estimate of drug-likeness (QED) is 0.112. The standard InChI is InChI=1S/C18H36O10Si/c1-8-10-16(20)28-14-15(19)13-27-11-9-12-29(17(21-2,22-3)23-4)18(24-5,25-6)26-7/h8,10,15,19,29H,9,11-14H2,1-7H3. The van der Waals surface area contributed by atoms with Crippen molar-refractivity contribution in [3.05, 3.63) is 12.2 Å². The van der Waals surface area contributed by atoms with Gasteiger partial charge in [0.15, 0.2) is 0 Å². The van der Waals surface area contributed by atoms with Crippen molar-refractivity contribution in [3.63, 3.8) is 0 Å². The van der Waals surface area contributed by atoms with Crippen molar-refractivity contribution >= 4 is 14.8 Å². The number of allylic oxidation sites excluding steroid dienone is 1. The predicted molar refractivity (Wildman–Crippen MR) is 107 cm³/mol. The first-order valence-electron chi connectivity index (χ1n) is 9.21. The fraction of sp³-hybridized carbons (Fsp3) is 0.833. The van der Waals surface area contributed by atoms with Crippen LogP contribution in [-0.2, 0) is 42.7 Å². The zero-order chi connectivity index (χ0) is 22.3. The number of carbonyl (C=O) groups excluding carboxylic acids is 1. The van der Waals surface area contributed by atoms with Crippen LogP contribution >= 0.6 is 0 Å². The van der Waals surface area contributed by atoms with Gasteiger partial charge in [0.2, 0.25) is 0 Å². The van der Waals surface area contributed by atoms with E-state index >= 15 is 0 Å². The molecule has 0 rings (SSSR count). The fourth-order valence-corrected chi connectivity index (χ4v) is 6.37. The van der Waals surface area contributed by atoms with Gasteiger partial charge in [0, 0.05) is 55.3 Å². The second-order valence-electron chi connectivity index (χ2n) is 5.99. The molecular weight excluding hydrogens is 404 g/mol. The first-order chi connectivity index (χ1) is 13.8. The molecule has 0 aromatic heterocycles. The Morgan fingerprint density at radius 2 is 1.41 bits per heavy atom. The highest BCUT2D eigenvalue weighted by molar-refractivity contribution is 6.63. The van der Waals surface area contributed by atoms with Gasteiger partial charge in [-0.2, -0.15) is 0 Å². The van der Waals surface area contributed by atoms with Gasteiger partial charge in [-0.1, -0.05) is 6.08 Å². The molecule has 1 N–H and O–H groups in total. The average Bonchev–Trinajstić information content (AvgIpc) is 2.74. The normalized spacial score (nSPS) is 14.0. The molecule has 0 aliphatic heterocycles. The van der Waals surface area contributed by atoms with Gasteiger partial charge in [0.1, 0.15) is 12.7 Å². The van der Waals surface area contributed by atoms with Gasteiger partial charge in [0.05, 0.1) is 6.61 Å². The average molecular weight is 441 g/mol. The smallest absolute Gasteiger partial charge is 0.330 e. The van der Waals surface area contributed by atoms with Gasteiger partial charge < -0.3 is 43.0 Å². The molecule has 0 fully saturated rings. The van der Waals surface area contributed by atoms with Crippen LogP contribution in [-0.4, -0.2) is 99.6 Å². The Balaban J connectivity index is 4.78. The first kappa shape index (κ1) is 28.1. The molecule has 0 heterocycles. The van der Waals surface area contributed by atoms with E-state index in [0.29, 0.717) is 19.1 Å². The monoisotopic (exact) mass is 440 g/mol. The first-order valence-corrected chi connectivity index (χ1v) is 11.2. The zero-order valence-corrected chi connectivity index (χ0v) is 19.6. The van der Waals surface area contributed by atoms with Crippen LogP contribution in [0.5, 0.6) is 0 Å². The molecule has 1 unspecified atom stereocenters. The van der Waals surface area contributed by atoms with E-state index in [1.54, 1.807) is 13.0 Å². The number of ether oxygens (including phenoxy) is 8. The summed E-state index contributed by atoms with van der Waals surface area (Å²) in [5, 5.41) is 9.82. The third kappa shape index (κ3) is 8.40. The minimum Gasteiger partial charge on any atom is -0.460 e. The largest absolute Gasteiger partial charge is 0.460 e. The minimum absolute atomic E-state index is 0.0310. The van der Waals surface area contributed by atoms with E-state index in [9.17, 15) is 9.90 Å². The molecule has 0 spiro atoms. The Labute approximate surface area is 174 Å². The molecule has 0 aliphatic rings. The van der Waals surface area contributed by atoms with E-state index in [1.165, 1.54) is 48.7 Å². The molecular formula is C18H36O10Si. The molecule has 0 aromatic carbocycles. The van der Waals surface area contributed by atoms with Crippen LogP contribution in [0.15, 0.2) is 12.2 Å². The van der Waals surface area contributed by atoms with Crippen molar-refractivity contribution in [2.24, 2.45) is 0 Å². The van der Waals surface area contributed by atoms with Crippen LogP contribution in [0.3, 0.4) is 0 Å². The number of aliphatic hydroxyl groups is 1. The highest BCUT2D eigenvalue weighted by Crippen LogP contribution is 2.32.